The highest BCUT2D eigenvalue weighted by atomic mass is 16.2. The van der Waals surface area contributed by atoms with Gasteiger partial charge in [0.1, 0.15) is 0 Å². The van der Waals surface area contributed by atoms with Gasteiger partial charge in [-0.25, -0.2) is 0 Å². The normalized spacial score (nSPS) is 10.3. The van der Waals surface area contributed by atoms with Gasteiger partial charge in [-0.3, -0.25) is 9.59 Å². The van der Waals surface area contributed by atoms with E-state index in [1.54, 1.807) is 6.08 Å². The molecule has 14 heavy (non-hydrogen) atoms. The Balaban J connectivity index is 2.64. The molecule has 2 aromatic carbocycles. The molecule has 0 spiro atoms. The van der Waals surface area contributed by atoms with Gasteiger partial charge in [-0.15, -0.1) is 0 Å². The van der Waals surface area contributed by atoms with E-state index in [2.05, 4.69) is 6.58 Å². The van der Waals surface area contributed by atoms with E-state index in [0.717, 1.165) is 11.1 Å². The summed E-state index contributed by atoms with van der Waals surface area (Å²) in [7, 11) is 0. The van der Waals surface area contributed by atoms with Crippen molar-refractivity contribution in [2.24, 2.45) is 0 Å². The smallest absolute Gasteiger partial charge is 0.233 e. The molecular formula is C12H8O2. The van der Waals surface area contributed by atoms with Crippen LogP contribution < -0.4 is 10.9 Å². The third-order valence-electron chi connectivity index (χ3n) is 2.21. The van der Waals surface area contributed by atoms with Gasteiger partial charge in [-0.1, -0.05) is 36.9 Å². The van der Waals surface area contributed by atoms with Gasteiger partial charge in [-0.05, 0) is 11.1 Å². The van der Waals surface area contributed by atoms with Crippen molar-refractivity contribution >= 4 is 6.08 Å². The van der Waals surface area contributed by atoms with Crippen molar-refractivity contribution in [1.29, 1.82) is 0 Å². The van der Waals surface area contributed by atoms with Crippen molar-refractivity contribution in [3.63, 3.8) is 0 Å². The van der Waals surface area contributed by atoms with Crippen LogP contribution in [0.2, 0.25) is 0 Å². The zero-order valence-corrected chi connectivity index (χ0v) is 7.49. The van der Waals surface area contributed by atoms with E-state index in [4.69, 9.17) is 0 Å². The lowest BCUT2D eigenvalue weighted by Crippen LogP contribution is -2.30. The van der Waals surface area contributed by atoms with Crippen molar-refractivity contribution in [1.82, 2.24) is 0 Å². The summed E-state index contributed by atoms with van der Waals surface area (Å²) in [6, 6.07) is 8.74. The topological polar surface area (TPSA) is 34.1 Å². The van der Waals surface area contributed by atoms with E-state index in [9.17, 15) is 9.59 Å². The van der Waals surface area contributed by atoms with E-state index >= 15 is 0 Å². The maximum absolute atomic E-state index is 11.2. The van der Waals surface area contributed by atoms with Crippen molar-refractivity contribution < 1.29 is 0 Å². The SMILES string of the molecule is C=Cc1ccccc1-c1cc(=O)c1=O. The molecule has 2 heteroatoms. The Bertz CT molecular complexity index is 557. The van der Waals surface area contributed by atoms with Gasteiger partial charge in [0.15, 0.2) is 0 Å². The summed E-state index contributed by atoms with van der Waals surface area (Å²) in [4.78, 5) is 21.9. The first kappa shape index (κ1) is 8.63. The fraction of sp³-hybridized carbons (Fsp3) is 0. The lowest BCUT2D eigenvalue weighted by atomic mass is 9.97. The zero-order valence-electron chi connectivity index (χ0n) is 7.49. The first-order valence-corrected chi connectivity index (χ1v) is 4.26. The standard InChI is InChI=1S/C12H8O2/c1-2-8-5-3-4-6-9(8)10-7-11(13)12(10)14/h2-7H,1H2. The molecule has 0 radical (unpaired) electrons. The molecule has 0 fully saturated rings. The van der Waals surface area contributed by atoms with E-state index in [1.807, 2.05) is 24.3 Å². The summed E-state index contributed by atoms with van der Waals surface area (Å²) in [6.45, 7) is 3.65. The van der Waals surface area contributed by atoms with Crippen LogP contribution in [0.1, 0.15) is 5.56 Å². The molecule has 0 atom stereocenters. The molecule has 0 aromatic heterocycles. The van der Waals surface area contributed by atoms with Gasteiger partial charge >= 0.3 is 0 Å². The Morgan fingerprint density at radius 2 is 1.79 bits per heavy atom. The monoisotopic (exact) mass is 184 g/mol. The summed E-state index contributed by atoms with van der Waals surface area (Å²) in [5.74, 6) is 0. The zero-order chi connectivity index (χ0) is 10.1. The van der Waals surface area contributed by atoms with Crippen LogP contribution >= 0.6 is 0 Å². The second kappa shape index (κ2) is 3.07. The van der Waals surface area contributed by atoms with Crippen LogP contribution in [0.25, 0.3) is 17.2 Å². The first-order valence-electron chi connectivity index (χ1n) is 4.26. The van der Waals surface area contributed by atoms with Gasteiger partial charge in [0.25, 0.3) is 0 Å². The molecule has 0 aliphatic carbocycles. The van der Waals surface area contributed by atoms with Crippen LogP contribution in [0.15, 0.2) is 46.5 Å². The minimum atomic E-state index is -0.418. The molecular weight excluding hydrogens is 176 g/mol. The second-order valence-electron chi connectivity index (χ2n) is 3.04. The highest BCUT2D eigenvalue weighted by molar-refractivity contribution is 5.75. The highest BCUT2D eigenvalue weighted by Crippen LogP contribution is 2.20. The van der Waals surface area contributed by atoms with Crippen LogP contribution in [0.4, 0.5) is 0 Å². The molecule has 0 bridgehead atoms. The lowest BCUT2D eigenvalue weighted by Gasteiger charge is -2.05. The fourth-order valence-corrected chi connectivity index (χ4v) is 1.44. The van der Waals surface area contributed by atoms with Crippen molar-refractivity contribution in [2.75, 3.05) is 0 Å². The summed E-state index contributed by atoms with van der Waals surface area (Å²) in [6.07, 6.45) is 1.67. The lowest BCUT2D eigenvalue weighted by molar-refractivity contribution is 1.41. The Morgan fingerprint density at radius 1 is 1.07 bits per heavy atom. The highest BCUT2D eigenvalue weighted by Gasteiger charge is 2.12. The van der Waals surface area contributed by atoms with Crippen LogP contribution in [-0.2, 0) is 0 Å². The molecule has 0 saturated heterocycles. The fourth-order valence-electron chi connectivity index (χ4n) is 1.44. The van der Waals surface area contributed by atoms with E-state index in [0.29, 0.717) is 5.56 Å². The Kier molecular flexibility index (Phi) is 1.89. The average Bonchev–Trinajstić information content (AvgIpc) is 2.25. The minimum Gasteiger partial charge on any atom is -0.286 e. The predicted molar refractivity (Wildman–Crippen MR) is 56.9 cm³/mol. The van der Waals surface area contributed by atoms with Crippen LogP contribution in [0.5, 0.6) is 0 Å². The molecule has 0 aliphatic heterocycles. The average molecular weight is 184 g/mol. The second-order valence-corrected chi connectivity index (χ2v) is 3.04. The summed E-state index contributed by atoms with van der Waals surface area (Å²) >= 11 is 0. The molecule has 0 aliphatic rings. The molecule has 68 valence electrons. The van der Waals surface area contributed by atoms with Gasteiger partial charge in [0.2, 0.25) is 10.9 Å². The maximum atomic E-state index is 11.2. The molecule has 0 amide bonds. The van der Waals surface area contributed by atoms with Crippen LogP contribution in [0, 0.1) is 0 Å². The molecule has 2 aromatic rings. The van der Waals surface area contributed by atoms with Crippen molar-refractivity contribution in [2.45, 2.75) is 0 Å². The molecule has 2 rings (SSSR count). The van der Waals surface area contributed by atoms with Gasteiger partial charge in [0.05, 0.1) is 0 Å². The molecule has 0 saturated carbocycles. The van der Waals surface area contributed by atoms with Crippen molar-refractivity contribution in [3.8, 4) is 11.1 Å². The Hall–Kier alpha value is -1.96. The number of hydrogen-bond donors (Lipinski definition) is 0. The van der Waals surface area contributed by atoms with Crippen LogP contribution in [0.3, 0.4) is 0 Å². The van der Waals surface area contributed by atoms with E-state index < -0.39 is 10.9 Å². The summed E-state index contributed by atoms with van der Waals surface area (Å²) in [5, 5.41) is 0. The Morgan fingerprint density at radius 3 is 2.36 bits per heavy atom. The maximum Gasteiger partial charge on any atom is 0.233 e. The largest absolute Gasteiger partial charge is 0.286 e. The number of hydrogen-bond acceptors (Lipinski definition) is 2. The van der Waals surface area contributed by atoms with Crippen molar-refractivity contribution in [3.05, 3.63) is 62.9 Å². The Labute approximate surface area is 80.8 Å². The van der Waals surface area contributed by atoms with Gasteiger partial charge in [-0.2, -0.15) is 0 Å². The summed E-state index contributed by atoms with van der Waals surface area (Å²) in [5.41, 5.74) is 1.33. The van der Waals surface area contributed by atoms with Gasteiger partial charge < -0.3 is 0 Å². The minimum absolute atomic E-state index is 0.403. The molecule has 2 nitrogen and oxygen atoms in total. The van der Waals surface area contributed by atoms with E-state index in [-0.39, 0.29) is 0 Å². The third-order valence-corrected chi connectivity index (χ3v) is 2.21. The predicted octanol–water partition coefficient (Wildman–Crippen LogP) is 1.59. The first-order chi connectivity index (χ1) is 6.74. The quantitative estimate of drug-likeness (QED) is 0.664. The van der Waals surface area contributed by atoms with E-state index in [1.165, 1.54) is 6.07 Å². The van der Waals surface area contributed by atoms with Crippen LogP contribution in [-0.4, -0.2) is 0 Å². The van der Waals surface area contributed by atoms with Gasteiger partial charge in [0, 0.05) is 11.6 Å². The third kappa shape index (κ3) is 1.12. The summed E-state index contributed by atoms with van der Waals surface area (Å²) < 4.78 is 0. The molecule has 0 unspecified atom stereocenters. The molecule has 0 heterocycles. The number of benzene rings is 1. The number of rotatable bonds is 2. The molecule has 0 N–H and O–H groups in total.